The summed E-state index contributed by atoms with van der Waals surface area (Å²) in [5.41, 5.74) is 2.03. The summed E-state index contributed by atoms with van der Waals surface area (Å²) in [4.78, 5) is 15.5. The molecule has 9 atom stereocenters. The molecule has 1 amide bonds. The van der Waals surface area contributed by atoms with Gasteiger partial charge in [0, 0.05) is 23.8 Å². The highest BCUT2D eigenvalue weighted by Gasteiger charge is 2.56. The van der Waals surface area contributed by atoms with Crippen molar-refractivity contribution in [2.24, 2.45) is 23.7 Å². The Kier molecular flexibility index (Phi) is 6.70. The van der Waals surface area contributed by atoms with E-state index in [9.17, 15) is 20.1 Å². The number of allylic oxidation sites excluding steroid dienone is 7. The number of carbonyl (C=O) groups excluding carboxylic acids is 1. The van der Waals surface area contributed by atoms with Crippen LogP contribution in [0.1, 0.15) is 33.6 Å². The number of aliphatic hydroxyl groups is 3. The Balaban J connectivity index is 1.71. The first-order chi connectivity index (χ1) is 15.3. The molecular weight excluding hydrogens is 402 g/mol. The summed E-state index contributed by atoms with van der Waals surface area (Å²) < 4.78 is 0. The van der Waals surface area contributed by atoms with Gasteiger partial charge in [0.05, 0.1) is 30.3 Å². The van der Waals surface area contributed by atoms with Crippen LogP contribution in [-0.4, -0.2) is 56.5 Å². The third kappa shape index (κ3) is 3.98. The number of fused-ring (bicyclic) bond motifs is 4. The van der Waals surface area contributed by atoms with Crippen LogP contribution in [0.25, 0.3) is 0 Å². The van der Waals surface area contributed by atoms with Crippen LogP contribution in [0.4, 0.5) is 0 Å². The molecule has 0 saturated carbocycles. The first-order valence-electron chi connectivity index (χ1n) is 11.7. The lowest BCUT2D eigenvalue weighted by Crippen LogP contribution is -2.40. The Bertz CT molecular complexity index is 911. The fourth-order valence-corrected chi connectivity index (χ4v) is 6.13. The van der Waals surface area contributed by atoms with Crippen molar-refractivity contribution in [3.05, 3.63) is 71.9 Å². The molecule has 0 radical (unpaired) electrons. The fourth-order valence-electron chi connectivity index (χ4n) is 6.13. The van der Waals surface area contributed by atoms with Crippen LogP contribution in [0.15, 0.2) is 71.9 Å². The van der Waals surface area contributed by atoms with Crippen molar-refractivity contribution in [1.82, 2.24) is 4.90 Å². The van der Waals surface area contributed by atoms with Gasteiger partial charge in [0.1, 0.15) is 0 Å². The first kappa shape index (κ1) is 23.0. The van der Waals surface area contributed by atoms with Crippen molar-refractivity contribution in [2.75, 3.05) is 0 Å². The zero-order valence-electron chi connectivity index (χ0n) is 19.1. The van der Waals surface area contributed by atoms with Gasteiger partial charge in [-0.25, -0.2) is 0 Å². The molecule has 0 unspecified atom stereocenters. The molecule has 5 nitrogen and oxygen atoms in total. The Hall–Kier alpha value is -2.21. The average molecular weight is 438 g/mol. The SMILES string of the molecule is C/C=C/C=C/C[C@@H]1C[C@H](O)[C@H]2[C@@H]3C(C)=C[C@H]4C=C[C@@H](O)[C@@H](O)[C@@H]4/C(C)=C/C=C\[C@@H]3C(=O)N12. The maximum atomic E-state index is 13.5. The topological polar surface area (TPSA) is 81.0 Å². The number of rotatable bonds is 3. The van der Waals surface area contributed by atoms with Crippen molar-refractivity contribution in [3.63, 3.8) is 0 Å². The van der Waals surface area contributed by atoms with Gasteiger partial charge in [-0.1, -0.05) is 71.9 Å². The average Bonchev–Trinajstić information content (AvgIpc) is 3.23. The molecule has 4 aliphatic rings. The van der Waals surface area contributed by atoms with Crippen LogP contribution in [-0.2, 0) is 4.79 Å². The quantitative estimate of drug-likeness (QED) is 0.468. The van der Waals surface area contributed by atoms with E-state index in [0.29, 0.717) is 6.42 Å². The fraction of sp³-hybridized carbons (Fsp3) is 0.519. The summed E-state index contributed by atoms with van der Waals surface area (Å²) in [6, 6.07) is -0.237. The van der Waals surface area contributed by atoms with Crippen LogP contribution in [0, 0.1) is 23.7 Å². The summed E-state index contributed by atoms with van der Waals surface area (Å²) >= 11 is 0. The van der Waals surface area contributed by atoms with Gasteiger partial charge in [-0.3, -0.25) is 4.79 Å². The minimum Gasteiger partial charge on any atom is -0.391 e. The van der Waals surface area contributed by atoms with Gasteiger partial charge in [0.2, 0.25) is 5.91 Å². The highest BCUT2D eigenvalue weighted by molar-refractivity contribution is 5.85. The summed E-state index contributed by atoms with van der Waals surface area (Å²) in [6.07, 6.45) is 18.6. The largest absolute Gasteiger partial charge is 0.391 e. The van der Waals surface area contributed by atoms with E-state index in [1.807, 2.05) is 68.2 Å². The third-order valence-electron chi connectivity index (χ3n) is 7.61. The van der Waals surface area contributed by atoms with Crippen LogP contribution < -0.4 is 0 Å². The molecule has 5 heteroatoms. The Morgan fingerprint density at radius 3 is 2.59 bits per heavy atom. The molecule has 2 fully saturated rings. The van der Waals surface area contributed by atoms with E-state index >= 15 is 0 Å². The third-order valence-corrected chi connectivity index (χ3v) is 7.61. The normalized spacial score (nSPS) is 44.2. The number of carbonyl (C=O) groups is 1. The zero-order valence-corrected chi connectivity index (χ0v) is 19.1. The second-order valence-electron chi connectivity index (χ2n) is 9.61. The van der Waals surface area contributed by atoms with Gasteiger partial charge in [-0.15, -0.1) is 0 Å². The molecule has 0 bridgehead atoms. The molecule has 2 saturated heterocycles. The zero-order chi connectivity index (χ0) is 23.0. The van der Waals surface area contributed by atoms with Crippen molar-refractivity contribution < 1.29 is 20.1 Å². The number of nitrogens with zero attached hydrogens (tertiary/aromatic N) is 1. The van der Waals surface area contributed by atoms with E-state index in [-0.39, 0.29) is 41.7 Å². The second-order valence-corrected chi connectivity index (χ2v) is 9.61. The molecule has 2 aliphatic heterocycles. The van der Waals surface area contributed by atoms with Gasteiger partial charge in [-0.05, 0) is 33.6 Å². The first-order valence-corrected chi connectivity index (χ1v) is 11.7. The molecule has 2 aliphatic carbocycles. The van der Waals surface area contributed by atoms with Gasteiger partial charge in [0.25, 0.3) is 0 Å². The summed E-state index contributed by atoms with van der Waals surface area (Å²) in [6.45, 7) is 5.97. The monoisotopic (exact) mass is 437 g/mol. The molecule has 0 spiro atoms. The predicted octanol–water partition coefficient (Wildman–Crippen LogP) is 3.07. The van der Waals surface area contributed by atoms with Crippen molar-refractivity contribution in [2.45, 2.75) is 64.0 Å². The number of hydrogen-bond donors (Lipinski definition) is 3. The molecule has 3 N–H and O–H groups in total. The Morgan fingerprint density at radius 1 is 1.06 bits per heavy atom. The van der Waals surface area contributed by atoms with Gasteiger partial charge in [0.15, 0.2) is 0 Å². The van der Waals surface area contributed by atoms with Crippen molar-refractivity contribution in [1.29, 1.82) is 0 Å². The van der Waals surface area contributed by atoms with Crippen molar-refractivity contribution in [3.8, 4) is 0 Å². The smallest absolute Gasteiger partial charge is 0.230 e. The standard InChI is InChI=1S/C27H35NO4/c1-4-5-6-7-10-19-15-22(30)25-24-17(3)14-18-12-13-21(29)26(31)23(18)16(2)9-8-11-20(24)27(32)28(19)25/h4-9,11-14,18-26,29-31H,10,15H2,1-3H3/b5-4+,7-6+,11-8-,16-9+,17-14?/t18-,19-,20+,21-,22+,23-,24-,25+,26-/m1/s1. The minimum absolute atomic E-state index is 0.000549. The van der Waals surface area contributed by atoms with E-state index in [1.54, 1.807) is 6.08 Å². The maximum Gasteiger partial charge on any atom is 0.230 e. The van der Waals surface area contributed by atoms with E-state index < -0.39 is 18.3 Å². The Morgan fingerprint density at radius 2 is 1.84 bits per heavy atom. The van der Waals surface area contributed by atoms with E-state index in [0.717, 1.165) is 17.6 Å². The number of amides is 1. The van der Waals surface area contributed by atoms with Crippen LogP contribution >= 0.6 is 0 Å². The Labute approximate surface area is 190 Å². The van der Waals surface area contributed by atoms with Gasteiger partial charge < -0.3 is 20.2 Å². The van der Waals surface area contributed by atoms with E-state index in [2.05, 4.69) is 12.2 Å². The van der Waals surface area contributed by atoms with Gasteiger partial charge >= 0.3 is 0 Å². The maximum absolute atomic E-state index is 13.5. The molecule has 4 rings (SSSR count). The van der Waals surface area contributed by atoms with Crippen LogP contribution in [0.5, 0.6) is 0 Å². The van der Waals surface area contributed by atoms with Crippen LogP contribution in [0.3, 0.4) is 0 Å². The van der Waals surface area contributed by atoms with Gasteiger partial charge in [-0.2, -0.15) is 0 Å². The van der Waals surface area contributed by atoms with Crippen molar-refractivity contribution >= 4 is 5.91 Å². The van der Waals surface area contributed by atoms with Crippen LogP contribution in [0.2, 0.25) is 0 Å². The molecule has 0 aromatic heterocycles. The molecule has 0 aromatic carbocycles. The predicted molar refractivity (Wildman–Crippen MR) is 125 cm³/mol. The minimum atomic E-state index is -0.885. The lowest BCUT2D eigenvalue weighted by atomic mass is 9.73. The summed E-state index contributed by atoms with van der Waals surface area (Å²) in [5, 5.41) is 31.8. The molecule has 172 valence electrons. The van der Waals surface area contributed by atoms with E-state index in [1.165, 1.54) is 0 Å². The summed E-state index contributed by atoms with van der Waals surface area (Å²) in [7, 11) is 0. The lowest BCUT2D eigenvalue weighted by molar-refractivity contribution is -0.132. The van der Waals surface area contributed by atoms with E-state index in [4.69, 9.17) is 0 Å². The molecular formula is C27H35NO4. The second kappa shape index (κ2) is 9.34. The number of aliphatic hydroxyl groups excluding tert-OH is 3. The highest BCUT2D eigenvalue weighted by Crippen LogP contribution is 2.47. The molecule has 2 heterocycles. The highest BCUT2D eigenvalue weighted by atomic mass is 16.3. The summed E-state index contributed by atoms with van der Waals surface area (Å²) in [5.74, 6) is -0.626. The molecule has 0 aromatic rings. The molecule has 32 heavy (non-hydrogen) atoms. The number of hydrogen-bond acceptors (Lipinski definition) is 4. The lowest BCUT2D eigenvalue weighted by Gasteiger charge is -2.35.